The number of ether oxygens (including phenoxy) is 1. The summed E-state index contributed by atoms with van der Waals surface area (Å²) < 4.78 is 5.61. The van der Waals surface area contributed by atoms with E-state index in [4.69, 9.17) is 4.74 Å². The maximum atomic E-state index is 11.5. The van der Waals surface area contributed by atoms with Crippen LogP contribution in [0.15, 0.2) is 24.3 Å². The molecule has 4 heteroatoms. The van der Waals surface area contributed by atoms with Gasteiger partial charge in [-0.15, -0.1) is 0 Å². The van der Waals surface area contributed by atoms with Gasteiger partial charge in [0.2, 0.25) is 5.91 Å². The monoisotopic (exact) mass is 290 g/mol. The molecule has 1 aliphatic rings. The summed E-state index contributed by atoms with van der Waals surface area (Å²) in [5.74, 6) is 1.10. The highest BCUT2D eigenvalue weighted by Crippen LogP contribution is 2.18. The molecule has 0 unspecified atom stereocenters. The van der Waals surface area contributed by atoms with Crippen molar-refractivity contribution in [2.45, 2.75) is 58.2 Å². The Balaban J connectivity index is 1.56. The van der Waals surface area contributed by atoms with E-state index < -0.39 is 0 Å². The molecule has 1 aromatic rings. The van der Waals surface area contributed by atoms with Crippen LogP contribution in [0.4, 0.5) is 0 Å². The minimum absolute atomic E-state index is 0.189. The van der Waals surface area contributed by atoms with Crippen molar-refractivity contribution < 1.29 is 9.53 Å². The van der Waals surface area contributed by atoms with Gasteiger partial charge >= 0.3 is 0 Å². The second kappa shape index (κ2) is 8.03. The molecular formula is C17H26N2O2. The van der Waals surface area contributed by atoms with E-state index in [-0.39, 0.29) is 12.0 Å². The largest absolute Gasteiger partial charge is 0.491 e. The number of hydrogen-bond donors (Lipinski definition) is 2. The van der Waals surface area contributed by atoms with Crippen LogP contribution < -0.4 is 15.4 Å². The molecule has 1 fully saturated rings. The molecular weight excluding hydrogens is 264 g/mol. The maximum absolute atomic E-state index is 11.5. The third-order valence-electron chi connectivity index (χ3n) is 3.32. The first-order chi connectivity index (χ1) is 10.1. The topological polar surface area (TPSA) is 50.4 Å². The smallest absolute Gasteiger partial charge is 0.220 e. The van der Waals surface area contributed by atoms with Crippen LogP contribution in [0.2, 0.25) is 0 Å². The molecule has 1 aromatic carbocycles. The molecule has 116 valence electrons. The van der Waals surface area contributed by atoms with Gasteiger partial charge in [0, 0.05) is 19.0 Å². The van der Waals surface area contributed by atoms with Crippen molar-refractivity contribution in [3.8, 4) is 5.75 Å². The van der Waals surface area contributed by atoms with Crippen molar-refractivity contribution in [1.29, 1.82) is 0 Å². The zero-order chi connectivity index (χ0) is 15.1. The van der Waals surface area contributed by atoms with Gasteiger partial charge in [-0.05, 0) is 57.4 Å². The van der Waals surface area contributed by atoms with Gasteiger partial charge in [-0.3, -0.25) is 4.79 Å². The highest BCUT2D eigenvalue weighted by atomic mass is 16.5. The lowest BCUT2D eigenvalue weighted by Crippen LogP contribution is -2.26. The van der Waals surface area contributed by atoms with Crippen LogP contribution >= 0.6 is 0 Å². The van der Waals surface area contributed by atoms with Crippen molar-refractivity contribution in [2.75, 3.05) is 6.54 Å². The molecule has 4 nitrogen and oxygen atoms in total. The molecule has 1 saturated carbocycles. The summed E-state index contributed by atoms with van der Waals surface area (Å²) in [6.07, 6.45) is 4.01. The lowest BCUT2D eigenvalue weighted by molar-refractivity contribution is -0.121. The third kappa shape index (κ3) is 6.63. The first kappa shape index (κ1) is 15.8. The Morgan fingerprint density at radius 1 is 1.29 bits per heavy atom. The highest BCUT2D eigenvalue weighted by Gasteiger charge is 2.22. The number of benzene rings is 1. The van der Waals surface area contributed by atoms with Crippen molar-refractivity contribution in [3.05, 3.63) is 29.8 Å². The molecule has 0 aliphatic heterocycles. The summed E-state index contributed by atoms with van der Waals surface area (Å²) in [5, 5.41) is 6.37. The summed E-state index contributed by atoms with van der Waals surface area (Å²) in [7, 11) is 0. The lowest BCUT2D eigenvalue weighted by atomic mass is 10.2. The van der Waals surface area contributed by atoms with Gasteiger partial charge < -0.3 is 15.4 Å². The fourth-order valence-corrected chi connectivity index (χ4v) is 2.09. The van der Waals surface area contributed by atoms with E-state index in [1.165, 1.54) is 5.56 Å². The number of carbonyl (C=O) groups is 1. The maximum Gasteiger partial charge on any atom is 0.220 e. The van der Waals surface area contributed by atoms with E-state index in [1.54, 1.807) is 0 Å². The molecule has 0 radical (unpaired) electrons. The molecule has 2 rings (SSSR count). The molecule has 0 aromatic heterocycles. The Morgan fingerprint density at radius 2 is 2.00 bits per heavy atom. The molecule has 1 aliphatic carbocycles. The minimum Gasteiger partial charge on any atom is -0.491 e. The van der Waals surface area contributed by atoms with E-state index in [2.05, 4.69) is 22.8 Å². The summed E-state index contributed by atoms with van der Waals surface area (Å²) in [5.41, 5.74) is 1.23. The van der Waals surface area contributed by atoms with Crippen molar-refractivity contribution in [3.63, 3.8) is 0 Å². The molecule has 0 atom stereocenters. The van der Waals surface area contributed by atoms with Gasteiger partial charge in [0.25, 0.3) is 0 Å². The lowest BCUT2D eigenvalue weighted by Gasteiger charge is -2.10. The van der Waals surface area contributed by atoms with Crippen molar-refractivity contribution in [2.24, 2.45) is 0 Å². The third-order valence-corrected chi connectivity index (χ3v) is 3.32. The standard InChI is InChI=1S/C17H26N2O2/c1-13(2)21-16-9-5-14(6-10-16)12-18-11-3-4-17(20)19-15-7-8-15/h5-6,9-10,13,15,18H,3-4,7-8,11-12H2,1-2H3,(H,19,20). The van der Waals surface area contributed by atoms with Crippen LogP contribution in [-0.4, -0.2) is 24.6 Å². The predicted octanol–water partition coefficient (Wildman–Crippen LogP) is 2.62. The summed E-state index contributed by atoms with van der Waals surface area (Å²) in [4.78, 5) is 11.5. The Bertz CT molecular complexity index is 439. The van der Waals surface area contributed by atoms with Crippen LogP contribution in [0.1, 0.15) is 45.1 Å². The van der Waals surface area contributed by atoms with Gasteiger partial charge in [0.1, 0.15) is 5.75 Å². The highest BCUT2D eigenvalue weighted by molar-refractivity contribution is 5.76. The molecule has 0 spiro atoms. The van der Waals surface area contributed by atoms with E-state index in [0.29, 0.717) is 12.5 Å². The first-order valence-electron chi connectivity index (χ1n) is 7.89. The van der Waals surface area contributed by atoms with Crippen molar-refractivity contribution >= 4 is 5.91 Å². The second-order valence-corrected chi connectivity index (χ2v) is 5.93. The first-order valence-corrected chi connectivity index (χ1v) is 7.89. The molecule has 21 heavy (non-hydrogen) atoms. The van der Waals surface area contributed by atoms with Gasteiger partial charge in [-0.2, -0.15) is 0 Å². The van der Waals surface area contributed by atoms with Gasteiger partial charge in [-0.1, -0.05) is 12.1 Å². The van der Waals surface area contributed by atoms with E-state index in [0.717, 1.165) is 38.1 Å². The average molecular weight is 290 g/mol. The number of rotatable bonds is 9. The number of nitrogens with one attached hydrogen (secondary N) is 2. The van der Waals surface area contributed by atoms with Crippen LogP contribution in [0.25, 0.3) is 0 Å². The normalized spacial score (nSPS) is 14.2. The molecule has 1 amide bonds. The molecule has 0 bridgehead atoms. The van der Waals surface area contributed by atoms with Crippen LogP contribution in [0.5, 0.6) is 5.75 Å². The zero-order valence-corrected chi connectivity index (χ0v) is 13.0. The quantitative estimate of drug-likeness (QED) is 0.687. The molecule has 0 heterocycles. The number of carbonyl (C=O) groups excluding carboxylic acids is 1. The predicted molar refractivity (Wildman–Crippen MR) is 84.3 cm³/mol. The Labute approximate surface area is 127 Å². The Hall–Kier alpha value is -1.55. The number of hydrogen-bond acceptors (Lipinski definition) is 3. The fraction of sp³-hybridized carbons (Fsp3) is 0.588. The van der Waals surface area contributed by atoms with Crippen LogP contribution in [0, 0.1) is 0 Å². The van der Waals surface area contributed by atoms with E-state index >= 15 is 0 Å². The SMILES string of the molecule is CC(C)Oc1ccc(CNCCCC(=O)NC2CC2)cc1. The second-order valence-electron chi connectivity index (χ2n) is 5.93. The fourth-order valence-electron chi connectivity index (χ4n) is 2.09. The average Bonchev–Trinajstić information content (AvgIpc) is 3.23. The molecule has 2 N–H and O–H groups in total. The zero-order valence-electron chi connectivity index (χ0n) is 13.0. The molecule has 0 saturated heterocycles. The summed E-state index contributed by atoms with van der Waals surface area (Å²) in [6, 6.07) is 8.62. The van der Waals surface area contributed by atoms with Gasteiger partial charge in [0.15, 0.2) is 0 Å². The van der Waals surface area contributed by atoms with E-state index in [1.807, 2.05) is 26.0 Å². The van der Waals surface area contributed by atoms with Gasteiger partial charge in [0.05, 0.1) is 6.10 Å². The van der Waals surface area contributed by atoms with Crippen molar-refractivity contribution in [1.82, 2.24) is 10.6 Å². The number of amides is 1. The van der Waals surface area contributed by atoms with Crippen LogP contribution in [0.3, 0.4) is 0 Å². The Morgan fingerprint density at radius 3 is 2.62 bits per heavy atom. The van der Waals surface area contributed by atoms with E-state index in [9.17, 15) is 4.79 Å². The summed E-state index contributed by atoms with van der Waals surface area (Å²) >= 11 is 0. The minimum atomic E-state index is 0.189. The van der Waals surface area contributed by atoms with Crippen LogP contribution in [-0.2, 0) is 11.3 Å². The summed E-state index contributed by atoms with van der Waals surface area (Å²) in [6.45, 7) is 5.73. The Kier molecular flexibility index (Phi) is 6.05. The van der Waals surface area contributed by atoms with Gasteiger partial charge in [-0.25, -0.2) is 0 Å².